The van der Waals surface area contributed by atoms with Crippen LogP contribution in [-0.4, -0.2) is 10.9 Å². The number of pyridine rings is 1. The highest BCUT2D eigenvalue weighted by Gasteiger charge is 2.05. The monoisotopic (exact) mass is 203 g/mol. The predicted octanol–water partition coefficient (Wildman–Crippen LogP) is 3.38. The molecule has 1 aromatic rings. The van der Waals surface area contributed by atoms with E-state index in [2.05, 4.69) is 4.98 Å². The van der Waals surface area contributed by atoms with Gasteiger partial charge in [0.05, 0.1) is 5.38 Å². The smallest absolute Gasteiger partial charge is 0.0600 e. The second kappa shape index (κ2) is 5.39. The van der Waals surface area contributed by atoms with Crippen molar-refractivity contribution in [3.8, 4) is 0 Å². The Morgan fingerprint density at radius 3 is 2.92 bits per heavy atom. The Balaban J connectivity index is 2.48. The van der Waals surface area contributed by atoms with Crippen molar-refractivity contribution in [2.75, 3.05) is 5.88 Å². The average molecular weight is 204 g/mol. The zero-order valence-corrected chi connectivity index (χ0v) is 8.22. The number of hydrogen-bond acceptors (Lipinski definition) is 1. The van der Waals surface area contributed by atoms with Crippen molar-refractivity contribution in [1.29, 1.82) is 0 Å². The SMILES string of the molecule is ClCCC[C@@H](Cl)c1cccnc1. The molecule has 0 fully saturated rings. The Kier molecular flexibility index (Phi) is 4.41. The van der Waals surface area contributed by atoms with E-state index in [9.17, 15) is 0 Å². The molecule has 1 atom stereocenters. The topological polar surface area (TPSA) is 12.9 Å². The van der Waals surface area contributed by atoms with E-state index in [1.807, 2.05) is 12.1 Å². The highest BCUT2D eigenvalue weighted by molar-refractivity contribution is 6.21. The van der Waals surface area contributed by atoms with Crippen LogP contribution in [0.5, 0.6) is 0 Å². The van der Waals surface area contributed by atoms with E-state index in [4.69, 9.17) is 23.2 Å². The third kappa shape index (κ3) is 3.00. The second-order valence-electron chi connectivity index (χ2n) is 2.59. The first kappa shape index (κ1) is 9.82. The van der Waals surface area contributed by atoms with Crippen LogP contribution in [0.3, 0.4) is 0 Å². The molecular weight excluding hydrogens is 193 g/mol. The van der Waals surface area contributed by atoms with Gasteiger partial charge in [0.15, 0.2) is 0 Å². The van der Waals surface area contributed by atoms with Crippen molar-refractivity contribution >= 4 is 23.2 Å². The minimum absolute atomic E-state index is 0.0532. The maximum Gasteiger partial charge on any atom is 0.0600 e. The molecule has 0 saturated carbocycles. The lowest BCUT2D eigenvalue weighted by Gasteiger charge is -2.06. The largest absolute Gasteiger partial charge is 0.264 e. The highest BCUT2D eigenvalue weighted by Crippen LogP contribution is 2.24. The van der Waals surface area contributed by atoms with Gasteiger partial charge in [0.25, 0.3) is 0 Å². The zero-order valence-electron chi connectivity index (χ0n) is 6.71. The summed E-state index contributed by atoms with van der Waals surface area (Å²) in [6.07, 6.45) is 5.40. The molecule has 66 valence electrons. The summed E-state index contributed by atoms with van der Waals surface area (Å²) < 4.78 is 0. The fourth-order valence-corrected chi connectivity index (χ4v) is 1.42. The predicted molar refractivity (Wildman–Crippen MR) is 52.8 cm³/mol. The van der Waals surface area contributed by atoms with Gasteiger partial charge in [-0.3, -0.25) is 4.98 Å². The Morgan fingerprint density at radius 2 is 2.33 bits per heavy atom. The maximum absolute atomic E-state index is 6.09. The average Bonchev–Trinajstić information content (AvgIpc) is 2.15. The van der Waals surface area contributed by atoms with Crippen LogP contribution in [0.15, 0.2) is 24.5 Å². The Bertz CT molecular complexity index is 213. The first-order valence-electron chi connectivity index (χ1n) is 3.94. The Hall–Kier alpha value is -0.270. The zero-order chi connectivity index (χ0) is 8.81. The van der Waals surface area contributed by atoms with Crippen LogP contribution in [0.4, 0.5) is 0 Å². The van der Waals surface area contributed by atoms with Gasteiger partial charge in [-0.15, -0.1) is 23.2 Å². The van der Waals surface area contributed by atoms with E-state index in [1.54, 1.807) is 12.4 Å². The van der Waals surface area contributed by atoms with Gasteiger partial charge in [-0.25, -0.2) is 0 Å². The van der Waals surface area contributed by atoms with Gasteiger partial charge < -0.3 is 0 Å². The minimum Gasteiger partial charge on any atom is -0.264 e. The highest BCUT2D eigenvalue weighted by atomic mass is 35.5. The molecule has 0 saturated heterocycles. The summed E-state index contributed by atoms with van der Waals surface area (Å²) in [6, 6.07) is 3.88. The van der Waals surface area contributed by atoms with Gasteiger partial charge in [0, 0.05) is 18.3 Å². The van der Waals surface area contributed by atoms with Crippen LogP contribution in [0.25, 0.3) is 0 Å². The molecule has 12 heavy (non-hydrogen) atoms. The second-order valence-corrected chi connectivity index (χ2v) is 3.49. The van der Waals surface area contributed by atoms with Crippen molar-refractivity contribution in [1.82, 2.24) is 4.98 Å². The quantitative estimate of drug-likeness (QED) is 0.685. The van der Waals surface area contributed by atoms with Crippen molar-refractivity contribution < 1.29 is 0 Å². The summed E-state index contributed by atoms with van der Waals surface area (Å²) in [6.45, 7) is 0. The van der Waals surface area contributed by atoms with Gasteiger partial charge in [-0.05, 0) is 24.5 Å². The minimum atomic E-state index is 0.0532. The van der Waals surface area contributed by atoms with Crippen molar-refractivity contribution in [2.45, 2.75) is 18.2 Å². The van der Waals surface area contributed by atoms with E-state index < -0.39 is 0 Å². The first-order valence-corrected chi connectivity index (χ1v) is 4.91. The fourth-order valence-electron chi connectivity index (χ4n) is 0.984. The Labute approximate surface area is 82.7 Å². The lowest BCUT2D eigenvalue weighted by Crippen LogP contribution is -1.91. The summed E-state index contributed by atoms with van der Waals surface area (Å²) in [7, 11) is 0. The van der Waals surface area contributed by atoms with E-state index >= 15 is 0 Å². The summed E-state index contributed by atoms with van der Waals surface area (Å²) in [5, 5.41) is 0.0532. The molecule has 1 aromatic heterocycles. The van der Waals surface area contributed by atoms with E-state index in [0.717, 1.165) is 18.4 Å². The van der Waals surface area contributed by atoms with E-state index in [0.29, 0.717) is 5.88 Å². The lowest BCUT2D eigenvalue weighted by atomic mass is 10.1. The summed E-state index contributed by atoms with van der Waals surface area (Å²) in [4.78, 5) is 4.00. The summed E-state index contributed by atoms with van der Waals surface area (Å²) >= 11 is 11.6. The van der Waals surface area contributed by atoms with Gasteiger partial charge in [0.1, 0.15) is 0 Å². The Morgan fingerprint density at radius 1 is 1.50 bits per heavy atom. The molecule has 0 unspecified atom stereocenters. The number of alkyl halides is 2. The number of aromatic nitrogens is 1. The van der Waals surface area contributed by atoms with E-state index in [-0.39, 0.29) is 5.38 Å². The van der Waals surface area contributed by atoms with Gasteiger partial charge in [0.2, 0.25) is 0 Å². The third-order valence-electron chi connectivity index (χ3n) is 1.64. The van der Waals surface area contributed by atoms with Crippen molar-refractivity contribution in [3.63, 3.8) is 0 Å². The molecule has 0 aliphatic carbocycles. The first-order chi connectivity index (χ1) is 5.84. The van der Waals surface area contributed by atoms with Crippen LogP contribution in [0, 0.1) is 0 Å². The van der Waals surface area contributed by atoms with Gasteiger partial charge in [-0.1, -0.05) is 6.07 Å². The summed E-state index contributed by atoms with van der Waals surface area (Å²) in [5.41, 5.74) is 1.07. The number of hydrogen-bond donors (Lipinski definition) is 0. The molecule has 0 spiro atoms. The fraction of sp³-hybridized carbons (Fsp3) is 0.444. The van der Waals surface area contributed by atoms with Crippen LogP contribution in [0.1, 0.15) is 23.8 Å². The van der Waals surface area contributed by atoms with Crippen molar-refractivity contribution in [2.24, 2.45) is 0 Å². The molecule has 0 N–H and O–H groups in total. The van der Waals surface area contributed by atoms with Gasteiger partial charge in [-0.2, -0.15) is 0 Å². The molecule has 0 aliphatic rings. The van der Waals surface area contributed by atoms with Gasteiger partial charge >= 0.3 is 0 Å². The van der Waals surface area contributed by atoms with Crippen LogP contribution >= 0.6 is 23.2 Å². The maximum atomic E-state index is 6.09. The standard InChI is InChI=1S/C9H11Cl2N/c10-5-1-4-9(11)8-3-2-6-12-7-8/h2-3,6-7,9H,1,4-5H2/t9-/m1/s1. The number of nitrogens with zero attached hydrogens (tertiary/aromatic N) is 1. The molecule has 3 heteroatoms. The molecule has 0 amide bonds. The third-order valence-corrected chi connectivity index (χ3v) is 2.37. The molecule has 0 bridgehead atoms. The van der Waals surface area contributed by atoms with Crippen LogP contribution in [0.2, 0.25) is 0 Å². The number of halogens is 2. The van der Waals surface area contributed by atoms with Crippen LogP contribution in [-0.2, 0) is 0 Å². The molecule has 1 nitrogen and oxygen atoms in total. The molecular formula is C9H11Cl2N. The normalized spacial score (nSPS) is 12.8. The van der Waals surface area contributed by atoms with Crippen LogP contribution < -0.4 is 0 Å². The van der Waals surface area contributed by atoms with E-state index in [1.165, 1.54) is 0 Å². The molecule has 0 aliphatic heterocycles. The summed E-state index contributed by atoms with van der Waals surface area (Å²) in [5.74, 6) is 0.670. The lowest BCUT2D eigenvalue weighted by molar-refractivity contribution is 0.771. The molecule has 1 heterocycles. The van der Waals surface area contributed by atoms with Crippen molar-refractivity contribution in [3.05, 3.63) is 30.1 Å². The molecule has 1 rings (SSSR count). The molecule has 0 radical (unpaired) electrons. The number of rotatable bonds is 4. The molecule has 0 aromatic carbocycles.